The topological polar surface area (TPSA) is 82.2 Å². The van der Waals surface area contributed by atoms with Crippen molar-refractivity contribution >= 4 is 34.8 Å². The third-order valence-electron chi connectivity index (χ3n) is 4.55. The maximum absolute atomic E-state index is 12.7. The maximum Gasteiger partial charge on any atom is 0.278 e. The zero-order chi connectivity index (χ0) is 21.8. The Kier molecular flexibility index (Phi) is 6.25. The van der Waals surface area contributed by atoms with E-state index in [1.807, 2.05) is 24.3 Å². The van der Waals surface area contributed by atoms with Gasteiger partial charge in [0.15, 0.2) is 5.69 Å². The number of rotatable bonds is 7. The number of nitrogens with zero attached hydrogens (tertiary/aromatic N) is 3. The van der Waals surface area contributed by atoms with E-state index in [4.69, 9.17) is 32.5 Å². The molecule has 2 aromatic carbocycles. The van der Waals surface area contributed by atoms with Crippen molar-refractivity contribution in [2.45, 2.75) is 20.1 Å². The van der Waals surface area contributed by atoms with E-state index >= 15 is 0 Å². The number of benzene rings is 2. The SMILES string of the molecule is Cc1onc(C(=O)Nc2ccc(Cn3cc(Cl)cn3)cc2)c1COc1ccc(Cl)cc1. The number of amides is 1. The van der Waals surface area contributed by atoms with Gasteiger partial charge >= 0.3 is 0 Å². The Hall–Kier alpha value is -3.29. The monoisotopic (exact) mass is 456 g/mol. The van der Waals surface area contributed by atoms with E-state index in [0.29, 0.717) is 39.4 Å². The van der Waals surface area contributed by atoms with E-state index in [-0.39, 0.29) is 18.2 Å². The number of carbonyl (C=O) groups excluding carboxylic acids is 1. The van der Waals surface area contributed by atoms with Gasteiger partial charge in [0.05, 0.1) is 23.3 Å². The van der Waals surface area contributed by atoms with Gasteiger partial charge in [0.1, 0.15) is 18.1 Å². The highest BCUT2D eigenvalue weighted by Gasteiger charge is 2.20. The maximum atomic E-state index is 12.7. The summed E-state index contributed by atoms with van der Waals surface area (Å²) >= 11 is 11.8. The standard InChI is InChI=1S/C22H18Cl2N4O3/c1-14-20(13-30-19-8-4-16(23)5-9-19)21(27-31-14)22(29)26-18-6-2-15(3-7-18)11-28-12-17(24)10-25-28/h2-10,12H,11,13H2,1H3,(H,26,29). The third-order valence-corrected chi connectivity index (χ3v) is 5.00. The van der Waals surface area contributed by atoms with E-state index in [1.54, 1.807) is 48.3 Å². The first-order valence-corrected chi connectivity index (χ1v) is 10.2. The summed E-state index contributed by atoms with van der Waals surface area (Å²) in [6.07, 6.45) is 3.34. The summed E-state index contributed by atoms with van der Waals surface area (Å²) in [5.41, 5.74) is 2.42. The van der Waals surface area contributed by atoms with Crippen LogP contribution in [0, 0.1) is 6.92 Å². The Bertz CT molecular complexity index is 1180. The van der Waals surface area contributed by atoms with Gasteiger partial charge in [0.2, 0.25) is 0 Å². The van der Waals surface area contributed by atoms with E-state index in [1.165, 1.54) is 0 Å². The van der Waals surface area contributed by atoms with Crippen LogP contribution >= 0.6 is 23.2 Å². The third kappa shape index (κ3) is 5.25. The summed E-state index contributed by atoms with van der Waals surface area (Å²) in [5.74, 6) is 0.774. The van der Waals surface area contributed by atoms with Crippen molar-refractivity contribution in [1.82, 2.24) is 14.9 Å². The fraction of sp³-hybridized carbons (Fsp3) is 0.136. The van der Waals surface area contributed by atoms with Gasteiger partial charge in [-0.3, -0.25) is 9.48 Å². The zero-order valence-corrected chi connectivity index (χ0v) is 18.0. The van der Waals surface area contributed by atoms with E-state index in [0.717, 1.165) is 5.56 Å². The molecule has 1 amide bonds. The van der Waals surface area contributed by atoms with Gasteiger partial charge < -0.3 is 14.6 Å². The van der Waals surface area contributed by atoms with Crippen LogP contribution in [0.1, 0.15) is 27.4 Å². The lowest BCUT2D eigenvalue weighted by Crippen LogP contribution is -2.15. The smallest absolute Gasteiger partial charge is 0.278 e. The Balaban J connectivity index is 1.41. The van der Waals surface area contributed by atoms with Gasteiger partial charge in [0.25, 0.3) is 5.91 Å². The van der Waals surface area contributed by atoms with E-state index in [9.17, 15) is 4.79 Å². The summed E-state index contributed by atoms with van der Waals surface area (Å²) in [7, 11) is 0. The molecular weight excluding hydrogens is 439 g/mol. The minimum absolute atomic E-state index is 0.144. The molecule has 4 aromatic rings. The van der Waals surface area contributed by atoms with Crippen LogP contribution in [-0.2, 0) is 13.2 Å². The van der Waals surface area contributed by atoms with Crippen LogP contribution in [0.4, 0.5) is 5.69 Å². The molecule has 1 N–H and O–H groups in total. The average molecular weight is 457 g/mol. The largest absolute Gasteiger partial charge is 0.489 e. The number of aryl methyl sites for hydroxylation is 1. The molecule has 0 fully saturated rings. The number of hydrogen-bond acceptors (Lipinski definition) is 5. The summed E-state index contributed by atoms with van der Waals surface area (Å²) < 4.78 is 12.7. The highest BCUT2D eigenvalue weighted by molar-refractivity contribution is 6.30. The minimum Gasteiger partial charge on any atom is -0.489 e. The second-order valence-corrected chi connectivity index (χ2v) is 7.69. The molecule has 0 aliphatic carbocycles. The van der Waals surface area contributed by atoms with Crippen molar-refractivity contribution < 1.29 is 14.1 Å². The van der Waals surface area contributed by atoms with Gasteiger partial charge in [-0.1, -0.05) is 40.5 Å². The molecule has 31 heavy (non-hydrogen) atoms. The fourth-order valence-electron chi connectivity index (χ4n) is 2.92. The predicted molar refractivity (Wildman–Crippen MR) is 118 cm³/mol. The Morgan fingerprint density at radius 3 is 2.52 bits per heavy atom. The molecule has 0 radical (unpaired) electrons. The van der Waals surface area contributed by atoms with Crippen molar-refractivity contribution in [3.63, 3.8) is 0 Å². The molecule has 0 aliphatic heterocycles. The quantitative estimate of drug-likeness (QED) is 0.404. The minimum atomic E-state index is -0.377. The molecular formula is C22H18Cl2N4O3. The molecule has 158 valence electrons. The number of carbonyl (C=O) groups is 1. The van der Waals surface area contributed by atoms with Crippen LogP contribution < -0.4 is 10.1 Å². The number of aromatic nitrogens is 3. The number of halogens is 2. The first kappa shape index (κ1) is 21.0. The molecule has 4 rings (SSSR count). The Labute approximate surface area is 188 Å². The van der Waals surface area contributed by atoms with Crippen LogP contribution in [0.3, 0.4) is 0 Å². The summed E-state index contributed by atoms with van der Waals surface area (Å²) in [4.78, 5) is 12.7. The fourth-order valence-corrected chi connectivity index (χ4v) is 3.20. The lowest BCUT2D eigenvalue weighted by Gasteiger charge is -2.08. The molecule has 0 saturated heterocycles. The second-order valence-electron chi connectivity index (χ2n) is 6.82. The Morgan fingerprint density at radius 1 is 1.10 bits per heavy atom. The molecule has 2 aromatic heterocycles. The van der Waals surface area contributed by atoms with Crippen LogP contribution in [0.5, 0.6) is 5.75 Å². The van der Waals surface area contributed by atoms with Gasteiger partial charge in [-0.15, -0.1) is 0 Å². The van der Waals surface area contributed by atoms with Crippen LogP contribution in [-0.4, -0.2) is 20.8 Å². The lowest BCUT2D eigenvalue weighted by atomic mass is 10.1. The molecule has 0 saturated carbocycles. The predicted octanol–water partition coefficient (Wildman–Crippen LogP) is 5.37. The molecule has 7 nitrogen and oxygen atoms in total. The Morgan fingerprint density at radius 2 is 1.84 bits per heavy atom. The number of hydrogen-bond donors (Lipinski definition) is 1. The number of anilines is 1. The highest BCUT2D eigenvalue weighted by Crippen LogP contribution is 2.21. The van der Waals surface area contributed by atoms with Gasteiger partial charge in [-0.2, -0.15) is 5.10 Å². The van der Waals surface area contributed by atoms with Crippen LogP contribution in [0.15, 0.2) is 65.4 Å². The van der Waals surface area contributed by atoms with Crippen LogP contribution in [0.2, 0.25) is 10.0 Å². The van der Waals surface area contributed by atoms with E-state index < -0.39 is 0 Å². The summed E-state index contributed by atoms with van der Waals surface area (Å²) in [5, 5.41) is 12.1. The second kappa shape index (κ2) is 9.24. The van der Waals surface area contributed by atoms with Crippen molar-refractivity contribution in [1.29, 1.82) is 0 Å². The molecule has 0 bridgehead atoms. The van der Waals surface area contributed by atoms with Gasteiger partial charge in [-0.05, 0) is 48.9 Å². The summed E-state index contributed by atoms with van der Waals surface area (Å²) in [6.45, 7) is 2.46. The first-order chi connectivity index (χ1) is 15.0. The van der Waals surface area contributed by atoms with Crippen molar-refractivity contribution in [2.75, 3.05) is 5.32 Å². The van der Waals surface area contributed by atoms with E-state index in [2.05, 4.69) is 15.6 Å². The number of ether oxygens (including phenoxy) is 1. The molecule has 0 aliphatic rings. The lowest BCUT2D eigenvalue weighted by molar-refractivity contribution is 0.101. The van der Waals surface area contributed by atoms with Gasteiger partial charge in [-0.25, -0.2) is 0 Å². The molecule has 2 heterocycles. The van der Waals surface area contributed by atoms with Crippen molar-refractivity contribution in [3.05, 3.63) is 93.6 Å². The molecule has 0 spiro atoms. The zero-order valence-electron chi connectivity index (χ0n) is 16.5. The van der Waals surface area contributed by atoms with Crippen molar-refractivity contribution in [3.8, 4) is 5.75 Å². The summed E-state index contributed by atoms with van der Waals surface area (Å²) in [6, 6.07) is 14.4. The number of nitrogens with one attached hydrogen (secondary N) is 1. The van der Waals surface area contributed by atoms with Crippen LogP contribution in [0.25, 0.3) is 0 Å². The first-order valence-electron chi connectivity index (χ1n) is 9.40. The average Bonchev–Trinajstić information content (AvgIpc) is 3.34. The normalized spacial score (nSPS) is 10.8. The highest BCUT2D eigenvalue weighted by atomic mass is 35.5. The molecule has 0 atom stereocenters. The van der Waals surface area contributed by atoms with Gasteiger partial charge in [0, 0.05) is 16.9 Å². The van der Waals surface area contributed by atoms with Crippen molar-refractivity contribution in [2.24, 2.45) is 0 Å². The molecule has 0 unspecified atom stereocenters. The molecule has 9 heteroatoms.